The van der Waals surface area contributed by atoms with E-state index in [1.807, 2.05) is 0 Å². The lowest BCUT2D eigenvalue weighted by Gasteiger charge is -2.15. The molecule has 1 unspecified atom stereocenters. The largest absolute Gasteiger partial charge is 0.417 e. The highest BCUT2D eigenvalue weighted by Crippen LogP contribution is 2.29. The van der Waals surface area contributed by atoms with Crippen LogP contribution < -0.4 is 5.32 Å². The van der Waals surface area contributed by atoms with E-state index < -0.39 is 17.8 Å². The molecule has 2 rings (SSSR count). The summed E-state index contributed by atoms with van der Waals surface area (Å²) < 4.78 is 37.3. The Morgan fingerprint density at radius 3 is 2.32 bits per heavy atom. The van der Waals surface area contributed by atoms with Gasteiger partial charge in [-0.1, -0.05) is 0 Å². The molecule has 2 aromatic rings. The van der Waals surface area contributed by atoms with E-state index in [1.165, 1.54) is 18.5 Å². The number of halogens is 3. The van der Waals surface area contributed by atoms with Crippen molar-refractivity contribution in [3.05, 3.63) is 53.9 Å². The number of nitrogens with zero attached hydrogens (tertiary/aromatic N) is 3. The van der Waals surface area contributed by atoms with E-state index in [-0.39, 0.29) is 0 Å². The maximum absolute atomic E-state index is 12.4. The fourth-order valence-electron chi connectivity index (χ4n) is 1.65. The third-order valence-electron chi connectivity index (χ3n) is 2.58. The summed E-state index contributed by atoms with van der Waals surface area (Å²) in [6, 6.07) is 1.94. The minimum Gasteiger partial charge on any atom is -0.307 e. The van der Waals surface area contributed by atoms with Crippen molar-refractivity contribution in [1.82, 2.24) is 20.3 Å². The summed E-state index contributed by atoms with van der Waals surface area (Å²) >= 11 is 0. The highest BCUT2D eigenvalue weighted by molar-refractivity contribution is 5.24. The van der Waals surface area contributed by atoms with Crippen molar-refractivity contribution in [3.63, 3.8) is 0 Å². The van der Waals surface area contributed by atoms with Gasteiger partial charge in [0.25, 0.3) is 0 Å². The van der Waals surface area contributed by atoms with E-state index in [2.05, 4.69) is 20.3 Å². The Balaban J connectivity index is 2.30. The molecule has 0 amide bonds. The molecule has 2 heterocycles. The van der Waals surface area contributed by atoms with Gasteiger partial charge in [0.05, 0.1) is 29.2 Å². The van der Waals surface area contributed by atoms with Crippen molar-refractivity contribution in [2.24, 2.45) is 0 Å². The summed E-state index contributed by atoms with van der Waals surface area (Å²) in [6.45, 7) is 0. The highest BCUT2D eigenvalue weighted by atomic mass is 19.4. The minimum atomic E-state index is -4.38. The molecule has 0 aliphatic carbocycles. The molecule has 0 aromatic carbocycles. The molecule has 0 spiro atoms. The molecule has 2 aromatic heterocycles. The first-order valence-electron chi connectivity index (χ1n) is 5.48. The van der Waals surface area contributed by atoms with E-state index in [9.17, 15) is 13.2 Å². The lowest BCUT2D eigenvalue weighted by Crippen LogP contribution is -2.20. The van der Waals surface area contributed by atoms with Crippen LogP contribution in [-0.2, 0) is 6.18 Å². The fourth-order valence-corrected chi connectivity index (χ4v) is 1.65. The molecular weight excluding hydrogens is 257 g/mol. The van der Waals surface area contributed by atoms with Gasteiger partial charge in [-0.3, -0.25) is 15.0 Å². The Hall–Kier alpha value is -2.02. The van der Waals surface area contributed by atoms with Crippen molar-refractivity contribution in [3.8, 4) is 0 Å². The number of aromatic nitrogens is 3. The average Bonchev–Trinajstić information content (AvgIpc) is 2.40. The van der Waals surface area contributed by atoms with Gasteiger partial charge in [0.1, 0.15) is 0 Å². The van der Waals surface area contributed by atoms with Crippen molar-refractivity contribution in [1.29, 1.82) is 0 Å². The molecule has 0 aliphatic rings. The van der Waals surface area contributed by atoms with E-state index in [1.54, 1.807) is 13.2 Å². The van der Waals surface area contributed by atoms with Gasteiger partial charge in [0.15, 0.2) is 0 Å². The van der Waals surface area contributed by atoms with E-state index >= 15 is 0 Å². The summed E-state index contributed by atoms with van der Waals surface area (Å²) in [5.41, 5.74) is 0.276. The Bertz CT molecular complexity index is 525. The quantitative estimate of drug-likeness (QED) is 0.927. The third-order valence-corrected chi connectivity index (χ3v) is 2.58. The second-order valence-electron chi connectivity index (χ2n) is 3.82. The van der Waals surface area contributed by atoms with Crippen LogP contribution in [0.1, 0.15) is 23.0 Å². The summed E-state index contributed by atoms with van der Waals surface area (Å²) in [5, 5.41) is 2.95. The first kappa shape index (κ1) is 13.4. The van der Waals surface area contributed by atoms with Crippen LogP contribution in [0.3, 0.4) is 0 Å². The molecule has 0 fully saturated rings. The second kappa shape index (κ2) is 5.31. The van der Waals surface area contributed by atoms with Gasteiger partial charge in [-0.2, -0.15) is 13.2 Å². The Labute approximate surface area is 107 Å². The topological polar surface area (TPSA) is 50.7 Å². The average molecular weight is 268 g/mol. The lowest BCUT2D eigenvalue weighted by molar-refractivity contribution is -0.137. The van der Waals surface area contributed by atoms with Crippen molar-refractivity contribution in [2.45, 2.75) is 12.2 Å². The summed E-state index contributed by atoms with van der Waals surface area (Å²) in [4.78, 5) is 11.9. The molecule has 0 radical (unpaired) electrons. The standard InChI is InChI=1S/C12H11F3N4/c1-16-11(10-7-17-4-5-18-10)9-3-2-8(6-19-9)12(13,14)15/h2-7,11,16H,1H3. The summed E-state index contributed by atoms with van der Waals surface area (Å²) in [6.07, 6.45) is 1.02. The van der Waals surface area contributed by atoms with Crippen LogP contribution in [0.25, 0.3) is 0 Å². The van der Waals surface area contributed by atoms with Crippen LogP contribution in [0.15, 0.2) is 36.9 Å². The first-order valence-corrected chi connectivity index (χ1v) is 5.48. The number of pyridine rings is 1. The zero-order valence-corrected chi connectivity index (χ0v) is 10.0. The normalized spacial score (nSPS) is 13.3. The molecule has 0 saturated carbocycles. The minimum absolute atomic E-state index is 0.393. The van der Waals surface area contributed by atoms with E-state index in [0.717, 1.165) is 12.3 Å². The molecule has 0 saturated heterocycles. The van der Waals surface area contributed by atoms with Crippen LogP contribution in [0.4, 0.5) is 13.2 Å². The predicted molar refractivity (Wildman–Crippen MR) is 62.2 cm³/mol. The molecule has 1 N–H and O–H groups in total. The smallest absolute Gasteiger partial charge is 0.307 e. The molecule has 100 valence electrons. The number of hydrogen-bond acceptors (Lipinski definition) is 4. The van der Waals surface area contributed by atoms with E-state index in [0.29, 0.717) is 11.4 Å². The molecule has 0 bridgehead atoms. The van der Waals surface area contributed by atoms with Crippen LogP contribution in [0, 0.1) is 0 Å². The van der Waals surface area contributed by atoms with Gasteiger partial charge >= 0.3 is 6.18 Å². The van der Waals surface area contributed by atoms with Gasteiger partial charge in [-0.05, 0) is 19.2 Å². The van der Waals surface area contributed by atoms with Gasteiger partial charge < -0.3 is 5.32 Å². The van der Waals surface area contributed by atoms with Gasteiger partial charge in [0, 0.05) is 18.6 Å². The first-order chi connectivity index (χ1) is 9.02. The maximum Gasteiger partial charge on any atom is 0.417 e. The maximum atomic E-state index is 12.4. The SMILES string of the molecule is CNC(c1ccc(C(F)(F)F)cn1)c1cnccn1. The van der Waals surface area contributed by atoms with Gasteiger partial charge in [-0.15, -0.1) is 0 Å². The summed E-state index contributed by atoms with van der Waals surface area (Å²) in [5.74, 6) is 0. The number of nitrogens with one attached hydrogen (secondary N) is 1. The molecule has 4 nitrogen and oxygen atoms in total. The van der Waals surface area contributed by atoms with Gasteiger partial charge in [0.2, 0.25) is 0 Å². The van der Waals surface area contributed by atoms with Crippen molar-refractivity contribution >= 4 is 0 Å². The number of hydrogen-bond donors (Lipinski definition) is 1. The molecule has 0 aliphatic heterocycles. The summed E-state index contributed by atoms with van der Waals surface area (Å²) in [7, 11) is 1.68. The molecule has 7 heteroatoms. The highest BCUT2D eigenvalue weighted by Gasteiger charge is 2.31. The Kier molecular flexibility index (Phi) is 3.75. The predicted octanol–water partition coefficient (Wildman–Crippen LogP) is 2.20. The van der Waals surface area contributed by atoms with Gasteiger partial charge in [-0.25, -0.2) is 0 Å². The van der Waals surface area contributed by atoms with Crippen molar-refractivity contribution < 1.29 is 13.2 Å². The number of alkyl halides is 3. The zero-order chi connectivity index (χ0) is 13.9. The van der Waals surface area contributed by atoms with Crippen LogP contribution in [-0.4, -0.2) is 22.0 Å². The second-order valence-corrected chi connectivity index (χ2v) is 3.82. The van der Waals surface area contributed by atoms with E-state index in [4.69, 9.17) is 0 Å². The van der Waals surface area contributed by atoms with Crippen molar-refractivity contribution in [2.75, 3.05) is 7.05 Å². The Morgan fingerprint density at radius 2 is 1.84 bits per heavy atom. The monoisotopic (exact) mass is 268 g/mol. The van der Waals surface area contributed by atoms with Crippen LogP contribution in [0.2, 0.25) is 0 Å². The molecule has 19 heavy (non-hydrogen) atoms. The Morgan fingerprint density at radius 1 is 1.05 bits per heavy atom. The number of rotatable bonds is 3. The zero-order valence-electron chi connectivity index (χ0n) is 10.0. The van der Waals surface area contributed by atoms with Crippen LogP contribution in [0.5, 0.6) is 0 Å². The lowest BCUT2D eigenvalue weighted by atomic mass is 10.1. The van der Waals surface area contributed by atoms with Crippen LogP contribution >= 0.6 is 0 Å². The molecule has 1 atom stereocenters. The fraction of sp³-hybridized carbons (Fsp3) is 0.250. The third kappa shape index (κ3) is 3.05. The molecular formula is C12H11F3N4.